The molecule has 0 bridgehead atoms. The van der Waals surface area contributed by atoms with E-state index < -0.39 is 17.9 Å². The number of nitrogens with one attached hydrogen (secondary N) is 1. The number of carboxylic acids is 1. The maximum atomic E-state index is 12.0. The number of carbonyl (C=O) groups excluding carboxylic acids is 3. The monoisotopic (exact) mass is 268 g/mol. The van der Waals surface area contributed by atoms with Crippen molar-refractivity contribution in [2.45, 2.75) is 32.2 Å². The maximum Gasteiger partial charge on any atom is 0.328 e. The van der Waals surface area contributed by atoms with E-state index in [1.165, 1.54) is 6.92 Å². The van der Waals surface area contributed by atoms with Crippen LogP contribution >= 0.6 is 0 Å². The summed E-state index contributed by atoms with van der Waals surface area (Å²) in [5.74, 6) is -2.95. The highest BCUT2D eigenvalue weighted by Crippen LogP contribution is 2.39. The van der Waals surface area contributed by atoms with E-state index in [2.05, 4.69) is 5.32 Å². The molecular weight excluding hydrogens is 252 g/mol. The van der Waals surface area contributed by atoms with Gasteiger partial charge in [0.15, 0.2) is 0 Å². The zero-order valence-corrected chi connectivity index (χ0v) is 10.6. The Balaban J connectivity index is 2.09. The number of hydrogen-bond acceptors (Lipinski definition) is 4. The SMILES string of the molecule is CC(=O)NC(CN1C(=O)C2CCCC2C1=O)C(=O)O. The van der Waals surface area contributed by atoms with E-state index in [-0.39, 0.29) is 30.2 Å². The van der Waals surface area contributed by atoms with Crippen molar-refractivity contribution in [2.24, 2.45) is 11.8 Å². The van der Waals surface area contributed by atoms with Crippen molar-refractivity contribution >= 4 is 23.7 Å². The molecule has 0 aromatic carbocycles. The van der Waals surface area contributed by atoms with Crippen molar-refractivity contribution in [1.29, 1.82) is 0 Å². The molecule has 7 nitrogen and oxygen atoms in total. The topological polar surface area (TPSA) is 104 Å². The third-order valence-corrected chi connectivity index (χ3v) is 3.72. The Bertz CT molecular complexity index is 425. The van der Waals surface area contributed by atoms with Crippen LogP contribution in [0.5, 0.6) is 0 Å². The van der Waals surface area contributed by atoms with E-state index in [9.17, 15) is 19.2 Å². The lowest BCUT2D eigenvalue weighted by molar-refractivity contribution is -0.146. The fourth-order valence-electron chi connectivity index (χ4n) is 2.85. The summed E-state index contributed by atoms with van der Waals surface area (Å²) in [6.45, 7) is 0.901. The van der Waals surface area contributed by atoms with Crippen molar-refractivity contribution in [3.63, 3.8) is 0 Å². The largest absolute Gasteiger partial charge is 0.480 e. The van der Waals surface area contributed by atoms with Crippen LogP contribution in [0.4, 0.5) is 0 Å². The molecule has 2 N–H and O–H groups in total. The molecular formula is C12H16N2O5. The van der Waals surface area contributed by atoms with Crippen LogP contribution in [0.2, 0.25) is 0 Å². The molecule has 3 unspecified atom stereocenters. The number of amides is 3. The number of imide groups is 1. The van der Waals surface area contributed by atoms with Crippen LogP contribution in [0.1, 0.15) is 26.2 Å². The van der Waals surface area contributed by atoms with Gasteiger partial charge in [-0.05, 0) is 12.8 Å². The molecule has 0 spiro atoms. The van der Waals surface area contributed by atoms with Gasteiger partial charge in [0.05, 0.1) is 18.4 Å². The van der Waals surface area contributed by atoms with Crippen molar-refractivity contribution in [3.05, 3.63) is 0 Å². The molecule has 19 heavy (non-hydrogen) atoms. The summed E-state index contributed by atoms with van der Waals surface area (Å²) in [7, 11) is 0. The molecule has 2 fully saturated rings. The van der Waals surface area contributed by atoms with Gasteiger partial charge in [-0.3, -0.25) is 19.3 Å². The quantitative estimate of drug-likeness (QED) is 0.660. The van der Waals surface area contributed by atoms with Crippen molar-refractivity contribution in [3.8, 4) is 0 Å². The second-order valence-corrected chi connectivity index (χ2v) is 5.02. The normalized spacial score (nSPS) is 27.3. The number of rotatable bonds is 4. The molecule has 2 rings (SSSR count). The van der Waals surface area contributed by atoms with Crippen LogP contribution in [-0.2, 0) is 19.2 Å². The minimum Gasteiger partial charge on any atom is -0.480 e. The molecule has 3 atom stereocenters. The maximum absolute atomic E-state index is 12.0. The Labute approximate surface area is 109 Å². The van der Waals surface area contributed by atoms with Crippen LogP contribution in [0.25, 0.3) is 0 Å². The van der Waals surface area contributed by atoms with Gasteiger partial charge in [0, 0.05) is 6.92 Å². The number of carboxylic acid groups (broad SMARTS) is 1. The lowest BCUT2D eigenvalue weighted by atomic mass is 10.00. The Morgan fingerprint density at radius 1 is 1.32 bits per heavy atom. The molecule has 1 saturated heterocycles. The highest BCUT2D eigenvalue weighted by Gasteiger charge is 2.50. The van der Waals surface area contributed by atoms with Crippen LogP contribution in [-0.4, -0.2) is 46.3 Å². The standard InChI is InChI=1S/C12H16N2O5/c1-6(15)13-9(12(18)19)5-14-10(16)7-3-2-4-8(7)11(14)17/h7-9H,2-5H2,1H3,(H,13,15)(H,18,19). The first-order valence-electron chi connectivity index (χ1n) is 6.27. The first kappa shape index (κ1) is 13.5. The van der Waals surface area contributed by atoms with Crippen molar-refractivity contribution in [1.82, 2.24) is 10.2 Å². The summed E-state index contributed by atoms with van der Waals surface area (Å²) in [5.41, 5.74) is 0. The lowest BCUT2D eigenvalue weighted by Gasteiger charge is -2.21. The summed E-state index contributed by atoms with van der Waals surface area (Å²) in [6.07, 6.45) is 2.22. The minimum atomic E-state index is -1.26. The van der Waals surface area contributed by atoms with E-state index >= 15 is 0 Å². The van der Waals surface area contributed by atoms with E-state index in [1.54, 1.807) is 0 Å². The summed E-state index contributed by atoms with van der Waals surface area (Å²) < 4.78 is 0. The van der Waals surface area contributed by atoms with Gasteiger partial charge in [-0.15, -0.1) is 0 Å². The van der Waals surface area contributed by atoms with Gasteiger partial charge < -0.3 is 10.4 Å². The van der Waals surface area contributed by atoms with Gasteiger partial charge in [0.2, 0.25) is 17.7 Å². The van der Waals surface area contributed by atoms with Gasteiger partial charge in [0.1, 0.15) is 6.04 Å². The van der Waals surface area contributed by atoms with Crippen LogP contribution in [0.15, 0.2) is 0 Å². The fraction of sp³-hybridized carbons (Fsp3) is 0.667. The number of nitrogens with zero attached hydrogens (tertiary/aromatic N) is 1. The minimum absolute atomic E-state index is 0.292. The fourth-order valence-corrected chi connectivity index (χ4v) is 2.85. The third kappa shape index (κ3) is 2.45. The zero-order chi connectivity index (χ0) is 14.2. The third-order valence-electron chi connectivity index (χ3n) is 3.72. The van der Waals surface area contributed by atoms with Gasteiger partial charge in [-0.1, -0.05) is 6.42 Å². The van der Waals surface area contributed by atoms with E-state index in [0.717, 1.165) is 11.3 Å². The van der Waals surface area contributed by atoms with E-state index in [0.29, 0.717) is 12.8 Å². The molecule has 1 aliphatic carbocycles. The number of likely N-dealkylation sites (tertiary alicyclic amines) is 1. The van der Waals surface area contributed by atoms with E-state index in [4.69, 9.17) is 5.11 Å². The lowest BCUT2D eigenvalue weighted by Crippen LogP contribution is -2.49. The molecule has 104 valence electrons. The molecule has 3 amide bonds. The highest BCUT2D eigenvalue weighted by atomic mass is 16.4. The molecule has 0 radical (unpaired) electrons. The number of hydrogen-bond donors (Lipinski definition) is 2. The van der Waals surface area contributed by atoms with E-state index in [1.807, 2.05) is 0 Å². The Morgan fingerprint density at radius 3 is 2.26 bits per heavy atom. The second-order valence-electron chi connectivity index (χ2n) is 5.02. The van der Waals surface area contributed by atoms with Crippen LogP contribution in [0, 0.1) is 11.8 Å². The number of fused-ring (bicyclic) bond motifs is 1. The molecule has 1 aliphatic heterocycles. The molecule has 1 heterocycles. The van der Waals surface area contributed by atoms with Crippen LogP contribution < -0.4 is 5.32 Å². The Kier molecular flexibility index (Phi) is 3.55. The smallest absolute Gasteiger partial charge is 0.328 e. The number of carbonyl (C=O) groups is 4. The average Bonchev–Trinajstić information content (AvgIpc) is 2.87. The van der Waals surface area contributed by atoms with Crippen molar-refractivity contribution < 1.29 is 24.3 Å². The highest BCUT2D eigenvalue weighted by molar-refractivity contribution is 6.05. The summed E-state index contributed by atoms with van der Waals surface area (Å²) in [5, 5.41) is 11.2. The molecule has 1 saturated carbocycles. The van der Waals surface area contributed by atoms with Crippen LogP contribution in [0.3, 0.4) is 0 Å². The van der Waals surface area contributed by atoms with Gasteiger partial charge in [-0.25, -0.2) is 4.79 Å². The second kappa shape index (κ2) is 4.99. The first-order chi connectivity index (χ1) is 8.91. The predicted molar refractivity (Wildman–Crippen MR) is 62.8 cm³/mol. The Morgan fingerprint density at radius 2 is 1.84 bits per heavy atom. The summed E-state index contributed by atoms with van der Waals surface area (Å²) in [4.78, 5) is 47.0. The van der Waals surface area contributed by atoms with Gasteiger partial charge in [-0.2, -0.15) is 0 Å². The Hall–Kier alpha value is -1.92. The van der Waals surface area contributed by atoms with Crippen molar-refractivity contribution in [2.75, 3.05) is 6.54 Å². The average molecular weight is 268 g/mol. The number of aliphatic carboxylic acids is 1. The van der Waals surface area contributed by atoms with Gasteiger partial charge in [0.25, 0.3) is 0 Å². The first-order valence-corrected chi connectivity index (χ1v) is 6.27. The zero-order valence-electron chi connectivity index (χ0n) is 10.6. The molecule has 0 aromatic rings. The summed E-state index contributed by atoms with van der Waals surface area (Å²) in [6, 6.07) is -1.25. The molecule has 7 heteroatoms. The van der Waals surface area contributed by atoms with Gasteiger partial charge >= 0.3 is 5.97 Å². The molecule has 0 aromatic heterocycles. The predicted octanol–water partition coefficient (Wildman–Crippen LogP) is -0.639. The molecule has 2 aliphatic rings. The summed E-state index contributed by atoms with van der Waals surface area (Å²) >= 11 is 0.